The van der Waals surface area contributed by atoms with Gasteiger partial charge in [-0.2, -0.15) is 13.2 Å². The minimum Gasteiger partial charge on any atom is -0.494 e. The van der Waals surface area contributed by atoms with E-state index in [4.69, 9.17) is 18.3 Å². The molecular weight excluding hydrogens is 814 g/mol. The van der Waals surface area contributed by atoms with Crippen LogP contribution in [0.5, 0.6) is 5.75 Å². The summed E-state index contributed by atoms with van der Waals surface area (Å²) in [7, 11) is -2.61. The molecule has 1 aromatic carbocycles. The van der Waals surface area contributed by atoms with Crippen molar-refractivity contribution in [2.24, 2.45) is 10.2 Å². The third kappa shape index (κ3) is 21.3. The number of phosphoric acid groups is 1. The number of hydrogen-bond donors (Lipinski definition) is 2. The minimum atomic E-state index is -4.54. The normalized spacial score (nSPS) is 15.8. The molecule has 1 aliphatic rings. The van der Waals surface area contributed by atoms with Gasteiger partial charge in [0, 0.05) is 24.4 Å². The second kappa shape index (κ2) is 29.4. The van der Waals surface area contributed by atoms with Gasteiger partial charge in [0.15, 0.2) is 0 Å². The van der Waals surface area contributed by atoms with Crippen molar-refractivity contribution in [1.29, 1.82) is 0 Å². The number of nitrogens with zero attached hydrogens (tertiary/aromatic N) is 2. The third-order valence-electron chi connectivity index (χ3n) is 9.80. The Balaban J connectivity index is 1.61. The highest BCUT2D eigenvalue weighted by molar-refractivity contribution is 9.09. The van der Waals surface area contributed by atoms with Crippen LogP contribution in [0.2, 0.25) is 0 Å². The van der Waals surface area contributed by atoms with Crippen LogP contribution < -0.4 is 10.1 Å². The number of carbonyl (C=O) groups is 1. The Bertz CT molecular complexity index is 1280. The highest BCUT2D eigenvalue weighted by Gasteiger charge is 2.65. The number of benzene rings is 1. The van der Waals surface area contributed by atoms with Crippen LogP contribution >= 0.6 is 23.8 Å². The summed E-state index contributed by atoms with van der Waals surface area (Å²) >= 11 is 3.22. The zero-order chi connectivity index (χ0) is 41.0. The number of hydrogen-bond acceptors (Lipinski definition) is 9. The van der Waals surface area contributed by atoms with E-state index in [9.17, 15) is 27.6 Å². The van der Waals surface area contributed by atoms with Crippen LogP contribution in [-0.2, 0) is 28.6 Å². The molecule has 0 radical (unpaired) electrons. The number of rotatable bonds is 36. The Morgan fingerprint density at radius 2 is 1.38 bits per heavy atom. The van der Waals surface area contributed by atoms with E-state index in [0.717, 1.165) is 70.6 Å². The second-order valence-electron chi connectivity index (χ2n) is 14.5. The summed E-state index contributed by atoms with van der Waals surface area (Å²) in [5.41, 5.74) is -2.42. The quantitative estimate of drug-likeness (QED) is 0.0297. The van der Waals surface area contributed by atoms with Gasteiger partial charge in [0.25, 0.3) is 0 Å². The molecule has 0 bridgehead atoms. The number of carbonyl (C=O) groups excluding carboxylic acids is 1. The SMILES string of the molecule is CCCCCCCCCCCCCCCC(=O)NC(COP(=O)(OC)OCCBr)C(O)/C=C/CCCCCCCCCOc1ccc(C2(C(F)(F)F)N=N2)cc1. The van der Waals surface area contributed by atoms with Crippen LogP contribution in [0, 0.1) is 0 Å². The van der Waals surface area contributed by atoms with E-state index in [2.05, 4.69) is 38.4 Å². The zero-order valence-corrected chi connectivity index (χ0v) is 36.2. The average Bonchev–Trinajstić information content (AvgIpc) is 4.01. The fraction of sp³-hybridized carbons (Fsp3) is 0.780. The smallest absolute Gasteiger partial charge is 0.474 e. The molecule has 10 nitrogen and oxygen atoms in total. The molecule has 56 heavy (non-hydrogen) atoms. The van der Waals surface area contributed by atoms with Crippen LogP contribution in [0.25, 0.3) is 0 Å². The first-order valence-corrected chi connectivity index (χ1v) is 23.5. The molecule has 0 aliphatic carbocycles. The molecule has 322 valence electrons. The molecule has 0 spiro atoms. The molecular formula is C41H68BrF3N3O7P. The average molecular weight is 883 g/mol. The number of amides is 1. The van der Waals surface area contributed by atoms with E-state index in [1.807, 2.05) is 6.08 Å². The van der Waals surface area contributed by atoms with Crippen molar-refractivity contribution >= 4 is 29.7 Å². The van der Waals surface area contributed by atoms with E-state index >= 15 is 0 Å². The standard InChI is InChI=1S/C41H68BrF3N3O7P/c1-3-4-5-6-7-8-9-10-11-14-17-20-23-26-39(50)46-37(34-55-56(51,52-2)54-33-31-42)38(49)25-22-19-16-13-12-15-18-21-24-32-53-36-29-27-35(28-30-36)40(47-48-40)41(43,44)45/h22,25,27-30,37-38,49H,3-21,23-24,26,31-34H2,1-2H3,(H,46,50)/b25-22+. The number of ether oxygens (including phenoxy) is 1. The fourth-order valence-electron chi connectivity index (χ4n) is 6.30. The van der Waals surface area contributed by atoms with E-state index in [1.54, 1.807) is 6.08 Å². The number of unbranched alkanes of at least 4 members (excludes halogenated alkanes) is 19. The summed E-state index contributed by atoms with van der Waals surface area (Å²) in [6, 6.07) is 4.93. The lowest BCUT2D eigenvalue weighted by Gasteiger charge is -2.24. The monoisotopic (exact) mass is 881 g/mol. The van der Waals surface area contributed by atoms with E-state index in [0.29, 0.717) is 24.1 Å². The summed E-state index contributed by atoms with van der Waals surface area (Å²) < 4.78 is 73.6. The number of alkyl halides is 4. The molecule has 0 aromatic heterocycles. The first-order chi connectivity index (χ1) is 27.0. The summed E-state index contributed by atoms with van der Waals surface area (Å²) in [6.45, 7) is 2.61. The van der Waals surface area contributed by atoms with Gasteiger partial charge < -0.3 is 15.2 Å². The van der Waals surface area contributed by atoms with Crippen molar-refractivity contribution < 1.29 is 45.9 Å². The van der Waals surface area contributed by atoms with E-state index in [1.165, 1.54) is 95.6 Å². The predicted octanol–water partition coefficient (Wildman–Crippen LogP) is 12.4. The van der Waals surface area contributed by atoms with Crippen LogP contribution in [-0.4, -0.2) is 61.6 Å². The lowest BCUT2D eigenvalue weighted by molar-refractivity contribution is -0.166. The van der Waals surface area contributed by atoms with E-state index in [-0.39, 0.29) is 24.7 Å². The molecule has 3 atom stereocenters. The van der Waals surface area contributed by atoms with Gasteiger partial charge in [0.2, 0.25) is 5.91 Å². The van der Waals surface area contributed by atoms with Gasteiger partial charge in [-0.1, -0.05) is 156 Å². The molecule has 15 heteroatoms. The van der Waals surface area contributed by atoms with Gasteiger partial charge in [0.1, 0.15) is 5.75 Å². The summed E-state index contributed by atoms with van der Waals surface area (Å²) in [5.74, 6) is 0.331. The number of aliphatic hydroxyl groups is 1. The summed E-state index contributed by atoms with van der Waals surface area (Å²) in [5, 5.41) is 20.7. The molecule has 1 aliphatic heterocycles. The Hall–Kier alpha value is -1.83. The van der Waals surface area contributed by atoms with Crippen LogP contribution in [0.4, 0.5) is 13.2 Å². The number of aliphatic hydroxyl groups excluding tert-OH is 1. The Morgan fingerprint density at radius 1 is 0.839 bits per heavy atom. The molecule has 0 saturated carbocycles. The summed E-state index contributed by atoms with van der Waals surface area (Å²) in [6.07, 6.45) is 22.0. The lowest BCUT2D eigenvalue weighted by Crippen LogP contribution is -2.45. The molecule has 2 N–H and O–H groups in total. The number of halogens is 4. The third-order valence-corrected chi connectivity index (χ3v) is 11.5. The number of nitrogens with one attached hydrogen (secondary N) is 1. The number of phosphoric ester groups is 1. The van der Waals surface area contributed by atoms with Crippen LogP contribution in [0.15, 0.2) is 46.6 Å². The molecule has 1 amide bonds. The molecule has 3 unspecified atom stereocenters. The van der Waals surface area contributed by atoms with Crippen molar-refractivity contribution in [3.8, 4) is 5.75 Å². The van der Waals surface area contributed by atoms with Crippen molar-refractivity contribution in [2.75, 3.05) is 32.3 Å². The second-order valence-corrected chi connectivity index (χ2v) is 17.1. The Morgan fingerprint density at radius 3 is 1.89 bits per heavy atom. The van der Waals surface area contributed by atoms with Crippen molar-refractivity contribution in [1.82, 2.24) is 5.32 Å². The van der Waals surface area contributed by atoms with Crippen LogP contribution in [0.1, 0.15) is 154 Å². The highest BCUT2D eigenvalue weighted by atomic mass is 79.9. The van der Waals surface area contributed by atoms with Gasteiger partial charge >= 0.3 is 19.7 Å². The molecule has 0 fully saturated rings. The Kier molecular flexibility index (Phi) is 26.4. The molecule has 1 heterocycles. The maximum absolute atomic E-state index is 13.2. The van der Waals surface area contributed by atoms with Gasteiger partial charge in [0.05, 0.1) is 32.0 Å². The van der Waals surface area contributed by atoms with Gasteiger partial charge in [-0.25, -0.2) is 4.57 Å². The topological polar surface area (TPSA) is 128 Å². The maximum Gasteiger partial charge on any atom is 0.474 e. The van der Waals surface area contributed by atoms with Crippen molar-refractivity contribution in [3.63, 3.8) is 0 Å². The lowest BCUT2D eigenvalue weighted by atomic mass is 10.0. The molecule has 1 aromatic rings. The largest absolute Gasteiger partial charge is 0.494 e. The fourth-order valence-corrected chi connectivity index (χ4v) is 7.66. The van der Waals surface area contributed by atoms with Gasteiger partial charge in [-0.3, -0.25) is 18.4 Å². The van der Waals surface area contributed by atoms with E-state index < -0.39 is 31.8 Å². The van der Waals surface area contributed by atoms with Crippen molar-refractivity contribution in [2.45, 2.75) is 172 Å². The van der Waals surface area contributed by atoms with Gasteiger partial charge in [-0.15, -0.1) is 10.2 Å². The summed E-state index contributed by atoms with van der Waals surface area (Å²) in [4.78, 5) is 12.8. The first-order valence-electron chi connectivity index (χ1n) is 20.9. The molecule has 2 rings (SSSR count). The maximum atomic E-state index is 13.2. The van der Waals surface area contributed by atoms with Gasteiger partial charge in [-0.05, 0) is 37.8 Å². The minimum absolute atomic E-state index is 0.00989. The molecule has 0 saturated heterocycles. The van der Waals surface area contributed by atoms with Crippen LogP contribution in [0.3, 0.4) is 0 Å². The Labute approximate surface area is 342 Å². The predicted molar refractivity (Wildman–Crippen MR) is 219 cm³/mol. The van der Waals surface area contributed by atoms with Crippen molar-refractivity contribution in [3.05, 3.63) is 42.0 Å². The number of allylic oxidation sites excluding steroid dienone is 1. The first kappa shape index (κ1) is 50.3. The highest BCUT2D eigenvalue weighted by Crippen LogP contribution is 2.52. The zero-order valence-electron chi connectivity index (χ0n) is 33.8.